The first-order valence-corrected chi connectivity index (χ1v) is 5.32. The Morgan fingerprint density at radius 1 is 1.50 bits per heavy atom. The van der Waals surface area contributed by atoms with E-state index in [1.54, 1.807) is 13.2 Å². The molecule has 0 unspecified atom stereocenters. The molecule has 0 aromatic heterocycles. The molecule has 1 atom stereocenters. The Morgan fingerprint density at radius 2 is 2.19 bits per heavy atom. The number of ether oxygens (including phenoxy) is 1. The fraction of sp³-hybridized carbons (Fsp3) is 0.500. The third-order valence-electron chi connectivity index (χ3n) is 2.52. The van der Waals surface area contributed by atoms with Crippen LogP contribution in [0.5, 0.6) is 0 Å². The Bertz CT molecular complexity index is 342. The highest BCUT2D eigenvalue weighted by molar-refractivity contribution is 5.55. The fourth-order valence-corrected chi connectivity index (χ4v) is 1.64. The number of hydrogen-bond donors (Lipinski definition) is 1. The standard InChI is InChI=1S/C12H19FN2O/c1-9(14)10-5-4-6-11(13)12(10)15(2)7-8-16-3/h4-6,9H,7-8,14H2,1-3H3/t9-/m1/s1. The number of anilines is 1. The zero-order valence-electron chi connectivity index (χ0n) is 10.0. The van der Waals surface area contributed by atoms with Crippen LogP contribution >= 0.6 is 0 Å². The summed E-state index contributed by atoms with van der Waals surface area (Å²) in [6.45, 7) is 3.04. The molecule has 1 aromatic rings. The van der Waals surface area contributed by atoms with Gasteiger partial charge in [0.05, 0.1) is 12.3 Å². The fourth-order valence-electron chi connectivity index (χ4n) is 1.64. The van der Waals surface area contributed by atoms with Crippen molar-refractivity contribution in [1.82, 2.24) is 0 Å². The predicted octanol–water partition coefficient (Wildman–Crippen LogP) is 1.93. The molecular formula is C12H19FN2O. The summed E-state index contributed by atoms with van der Waals surface area (Å²) < 4.78 is 18.7. The number of nitrogens with two attached hydrogens (primary N) is 1. The van der Waals surface area contributed by atoms with E-state index >= 15 is 0 Å². The molecular weight excluding hydrogens is 207 g/mol. The van der Waals surface area contributed by atoms with Gasteiger partial charge in [-0.15, -0.1) is 0 Å². The zero-order valence-corrected chi connectivity index (χ0v) is 10.0. The maximum Gasteiger partial charge on any atom is 0.146 e. The second kappa shape index (κ2) is 5.82. The lowest BCUT2D eigenvalue weighted by Crippen LogP contribution is -2.25. The molecule has 1 aromatic carbocycles. The smallest absolute Gasteiger partial charge is 0.146 e. The molecule has 3 nitrogen and oxygen atoms in total. The first kappa shape index (κ1) is 12.9. The third kappa shape index (κ3) is 2.93. The Kier molecular flexibility index (Phi) is 4.71. The van der Waals surface area contributed by atoms with Crippen LogP contribution in [-0.2, 0) is 4.74 Å². The monoisotopic (exact) mass is 226 g/mol. The minimum absolute atomic E-state index is 0.185. The van der Waals surface area contributed by atoms with Crippen LogP contribution in [0.4, 0.5) is 10.1 Å². The second-order valence-electron chi connectivity index (χ2n) is 3.88. The quantitative estimate of drug-likeness (QED) is 0.833. The first-order chi connectivity index (χ1) is 7.57. The van der Waals surface area contributed by atoms with Gasteiger partial charge < -0.3 is 15.4 Å². The maximum atomic E-state index is 13.8. The second-order valence-corrected chi connectivity index (χ2v) is 3.88. The molecule has 0 fully saturated rings. The molecule has 0 aliphatic heterocycles. The van der Waals surface area contributed by atoms with Crippen molar-refractivity contribution in [2.75, 3.05) is 32.2 Å². The van der Waals surface area contributed by atoms with Gasteiger partial charge in [-0.2, -0.15) is 0 Å². The summed E-state index contributed by atoms with van der Waals surface area (Å²) in [4.78, 5) is 1.83. The number of benzene rings is 1. The van der Waals surface area contributed by atoms with Gasteiger partial charge in [-0.05, 0) is 18.6 Å². The first-order valence-electron chi connectivity index (χ1n) is 5.32. The van der Waals surface area contributed by atoms with E-state index in [-0.39, 0.29) is 11.9 Å². The lowest BCUT2D eigenvalue weighted by Gasteiger charge is -2.24. The largest absolute Gasteiger partial charge is 0.383 e. The summed E-state index contributed by atoms with van der Waals surface area (Å²) in [5.41, 5.74) is 7.21. The van der Waals surface area contributed by atoms with E-state index in [1.165, 1.54) is 6.07 Å². The zero-order chi connectivity index (χ0) is 12.1. The molecule has 0 bridgehead atoms. The van der Waals surface area contributed by atoms with E-state index in [1.807, 2.05) is 24.9 Å². The maximum absolute atomic E-state index is 13.8. The van der Waals surface area contributed by atoms with Gasteiger partial charge in [0.25, 0.3) is 0 Å². The number of para-hydroxylation sites is 1. The average molecular weight is 226 g/mol. The Balaban J connectivity index is 3.00. The van der Waals surface area contributed by atoms with E-state index in [0.717, 1.165) is 5.56 Å². The highest BCUT2D eigenvalue weighted by Crippen LogP contribution is 2.27. The summed E-state index contributed by atoms with van der Waals surface area (Å²) in [6, 6.07) is 4.80. The minimum Gasteiger partial charge on any atom is -0.383 e. The van der Waals surface area contributed by atoms with Crippen LogP contribution in [0.1, 0.15) is 18.5 Å². The van der Waals surface area contributed by atoms with Gasteiger partial charge in [-0.1, -0.05) is 12.1 Å². The Labute approximate surface area is 96.0 Å². The van der Waals surface area contributed by atoms with Crippen molar-refractivity contribution in [1.29, 1.82) is 0 Å². The average Bonchev–Trinajstić information content (AvgIpc) is 2.25. The molecule has 90 valence electrons. The van der Waals surface area contributed by atoms with Gasteiger partial charge >= 0.3 is 0 Å². The van der Waals surface area contributed by atoms with Gasteiger partial charge in [0.15, 0.2) is 0 Å². The van der Waals surface area contributed by atoms with Crippen molar-refractivity contribution in [2.24, 2.45) is 5.73 Å². The van der Waals surface area contributed by atoms with Crippen molar-refractivity contribution in [2.45, 2.75) is 13.0 Å². The van der Waals surface area contributed by atoms with Crippen molar-refractivity contribution in [3.63, 3.8) is 0 Å². The van der Waals surface area contributed by atoms with Gasteiger partial charge in [-0.3, -0.25) is 0 Å². The highest BCUT2D eigenvalue weighted by Gasteiger charge is 2.14. The van der Waals surface area contributed by atoms with Crippen molar-refractivity contribution in [3.8, 4) is 0 Å². The SMILES string of the molecule is COCCN(C)c1c(F)cccc1[C@@H](C)N. The van der Waals surface area contributed by atoms with Crippen LogP contribution in [0.15, 0.2) is 18.2 Å². The summed E-state index contributed by atoms with van der Waals surface area (Å²) in [5.74, 6) is -0.242. The molecule has 2 N–H and O–H groups in total. The molecule has 0 radical (unpaired) electrons. The predicted molar refractivity (Wildman–Crippen MR) is 64.1 cm³/mol. The topological polar surface area (TPSA) is 38.5 Å². The normalized spacial score (nSPS) is 12.6. The van der Waals surface area contributed by atoms with Gasteiger partial charge in [0.2, 0.25) is 0 Å². The lowest BCUT2D eigenvalue weighted by molar-refractivity contribution is 0.206. The Morgan fingerprint density at radius 3 is 2.75 bits per heavy atom. The van der Waals surface area contributed by atoms with E-state index in [4.69, 9.17) is 10.5 Å². The van der Waals surface area contributed by atoms with E-state index in [2.05, 4.69) is 0 Å². The molecule has 0 saturated heterocycles. The number of nitrogens with zero attached hydrogens (tertiary/aromatic N) is 1. The number of rotatable bonds is 5. The van der Waals surface area contributed by atoms with Crippen LogP contribution in [0, 0.1) is 5.82 Å². The number of hydrogen-bond acceptors (Lipinski definition) is 3. The molecule has 1 rings (SSSR count). The lowest BCUT2D eigenvalue weighted by atomic mass is 10.1. The number of likely N-dealkylation sites (N-methyl/N-ethyl adjacent to an activating group) is 1. The van der Waals surface area contributed by atoms with Gasteiger partial charge in [-0.25, -0.2) is 4.39 Å². The molecule has 16 heavy (non-hydrogen) atoms. The van der Waals surface area contributed by atoms with Crippen molar-refractivity contribution < 1.29 is 9.13 Å². The summed E-state index contributed by atoms with van der Waals surface area (Å²) in [5, 5.41) is 0. The van der Waals surface area contributed by atoms with Crippen molar-refractivity contribution >= 4 is 5.69 Å². The van der Waals surface area contributed by atoms with Crippen LogP contribution in [0.2, 0.25) is 0 Å². The van der Waals surface area contributed by atoms with Gasteiger partial charge in [0, 0.05) is 26.7 Å². The summed E-state index contributed by atoms with van der Waals surface area (Å²) in [7, 11) is 3.46. The van der Waals surface area contributed by atoms with Crippen LogP contribution in [0.25, 0.3) is 0 Å². The molecule has 0 amide bonds. The summed E-state index contributed by atoms with van der Waals surface area (Å²) >= 11 is 0. The van der Waals surface area contributed by atoms with E-state index < -0.39 is 0 Å². The summed E-state index contributed by atoms with van der Waals surface area (Å²) in [6.07, 6.45) is 0. The number of methoxy groups -OCH3 is 1. The molecule has 0 saturated carbocycles. The van der Waals surface area contributed by atoms with Crippen LogP contribution in [-0.4, -0.2) is 27.3 Å². The van der Waals surface area contributed by atoms with E-state index in [0.29, 0.717) is 18.8 Å². The minimum atomic E-state index is -0.242. The van der Waals surface area contributed by atoms with Crippen LogP contribution in [0.3, 0.4) is 0 Å². The molecule has 0 aliphatic carbocycles. The number of halogens is 1. The Hall–Kier alpha value is -1.13. The van der Waals surface area contributed by atoms with Gasteiger partial charge in [0.1, 0.15) is 5.82 Å². The molecule has 0 aliphatic rings. The van der Waals surface area contributed by atoms with Crippen molar-refractivity contribution in [3.05, 3.63) is 29.6 Å². The molecule has 0 heterocycles. The highest BCUT2D eigenvalue weighted by atomic mass is 19.1. The molecule has 0 spiro atoms. The third-order valence-corrected chi connectivity index (χ3v) is 2.52. The van der Waals surface area contributed by atoms with E-state index in [9.17, 15) is 4.39 Å². The molecule has 4 heteroatoms. The van der Waals surface area contributed by atoms with Crippen LogP contribution < -0.4 is 10.6 Å².